The van der Waals surface area contributed by atoms with Crippen molar-refractivity contribution < 1.29 is 14.6 Å². The van der Waals surface area contributed by atoms with Gasteiger partial charge in [0.05, 0.1) is 13.1 Å². The van der Waals surface area contributed by atoms with E-state index in [1.807, 2.05) is 20.8 Å². The van der Waals surface area contributed by atoms with Gasteiger partial charge in [-0.15, -0.1) is 0 Å². The van der Waals surface area contributed by atoms with Crippen molar-refractivity contribution in [2.45, 2.75) is 65.1 Å². The first-order valence-electron chi connectivity index (χ1n) is 6.89. The van der Waals surface area contributed by atoms with Crippen LogP contribution in [0.25, 0.3) is 0 Å². The molecule has 0 saturated carbocycles. The van der Waals surface area contributed by atoms with Crippen LogP contribution in [0.2, 0.25) is 0 Å². The molecular formula is C14H27NO3. The van der Waals surface area contributed by atoms with Gasteiger partial charge >= 0.3 is 6.09 Å². The smallest absolute Gasteiger partial charge is 0.410 e. The Labute approximate surface area is 110 Å². The van der Waals surface area contributed by atoms with Crippen LogP contribution in [0.1, 0.15) is 53.9 Å². The maximum atomic E-state index is 11.7. The van der Waals surface area contributed by atoms with Gasteiger partial charge in [0.15, 0.2) is 0 Å². The van der Waals surface area contributed by atoms with E-state index in [2.05, 4.69) is 13.8 Å². The number of nitrogens with zero attached hydrogens (tertiary/aromatic N) is 1. The first kappa shape index (κ1) is 15.3. The number of β-amino-alcohol motifs (C(OH)–C–C–N with tert-alkyl or cyclic N) is 1. The molecule has 0 aromatic carbocycles. The van der Waals surface area contributed by atoms with E-state index in [9.17, 15) is 9.90 Å². The lowest BCUT2D eigenvalue weighted by Gasteiger charge is -2.47. The fraction of sp³-hybridized carbons (Fsp3) is 0.929. The summed E-state index contributed by atoms with van der Waals surface area (Å²) in [5.41, 5.74) is -1.17. The van der Waals surface area contributed by atoms with E-state index in [1.165, 1.54) is 0 Å². The van der Waals surface area contributed by atoms with Crippen LogP contribution in [0.5, 0.6) is 0 Å². The average molecular weight is 257 g/mol. The van der Waals surface area contributed by atoms with E-state index >= 15 is 0 Å². The molecule has 4 heteroatoms. The minimum absolute atomic E-state index is 0.322. The third-order valence-electron chi connectivity index (χ3n) is 3.45. The van der Waals surface area contributed by atoms with Gasteiger partial charge in [0.25, 0.3) is 0 Å². The molecule has 0 aromatic rings. The summed E-state index contributed by atoms with van der Waals surface area (Å²) in [4.78, 5) is 13.3. The number of likely N-dealkylation sites (tertiary alicyclic amines) is 1. The second kappa shape index (κ2) is 5.47. The molecule has 1 amide bonds. The number of hydrogen-bond donors (Lipinski definition) is 1. The molecule has 0 atom stereocenters. The Hall–Kier alpha value is -0.770. The van der Waals surface area contributed by atoms with Crippen LogP contribution < -0.4 is 0 Å². The first-order chi connectivity index (χ1) is 8.19. The topological polar surface area (TPSA) is 49.8 Å². The van der Waals surface area contributed by atoms with E-state index in [4.69, 9.17) is 4.74 Å². The van der Waals surface area contributed by atoms with Crippen LogP contribution in [0, 0.1) is 5.92 Å². The van der Waals surface area contributed by atoms with Gasteiger partial charge in [-0.05, 0) is 33.1 Å². The number of rotatable bonds is 4. The predicted octanol–water partition coefficient (Wildman–Crippen LogP) is 2.79. The van der Waals surface area contributed by atoms with Gasteiger partial charge in [0.2, 0.25) is 0 Å². The molecule has 1 aliphatic rings. The minimum Gasteiger partial charge on any atom is -0.444 e. The molecule has 106 valence electrons. The molecule has 0 unspecified atom stereocenters. The Balaban J connectivity index is 2.40. The van der Waals surface area contributed by atoms with Crippen molar-refractivity contribution in [1.82, 2.24) is 4.90 Å². The molecule has 1 aliphatic heterocycles. The van der Waals surface area contributed by atoms with Crippen LogP contribution in [0.3, 0.4) is 0 Å². The minimum atomic E-state index is -0.701. The summed E-state index contributed by atoms with van der Waals surface area (Å²) in [6.07, 6.45) is 2.60. The number of ether oxygens (including phenoxy) is 1. The summed E-state index contributed by atoms with van der Waals surface area (Å²) >= 11 is 0. The van der Waals surface area contributed by atoms with Crippen LogP contribution >= 0.6 is 0 Å². The number of carbonyl (C=O) groups excluding carboxylic acids is 1. The Bertz CT molecular complexity index is 286. The highest BCUT2D eigenvalue weighted by Crippen LogP contribution is 2.31. The largest absolute Gasteiger partial charge is 0.444 e. The summed E-state index contributed by atoms with van der Waals surface area (Å²) in [7, 11) is 0. The SMILES string of the molecule is CCC(CC)CC1(O)CN(C(=O)OC(C)(C)C)C1. The summed E-state index contributed by atoms with van der Waals surface area (Å²) in [5.74, 6) is 0.538. The van der Waals surface area contributed by atoms with Crippen LogP contribution in [0.4, 0.5) is 4.79 Å². The third-order valence-corrected chi connectivity index (χ3v) is 3.45. The summed E-state index contributed by atoms with van der Waals surface area (Å²) < 4.78 is 5.27. The van der Waals surface area contributed by atoms with Crippen LogP contribution in [-0.4, -0.2) is 40.4 Å². The molecule has 0 aliphatic carbocycles. The van der Waals surface area contributed by atoms with Crippen LogP contribution in [0.15, 0.2) is 0 Å². The molecule has 0 spiro atoms. The molecule has 18 heavy (non-hydrogen) atoms. The fourth-order valence-corrected chi connectivity index (χ4v) is 2.36. The van der Waals surface area contributed by atoms with E-state index in [0.29, 0.717) is 19.0 Å². The van der Waals surface area contributed by atoms with Crippen molar-refractivity contribution >= 4 is 6.09 Å². The molecule has 1 rings (SSSR count). The number of amides is 1. The molecule has 1 heterocycles. The van der Waals surface area contributed by atoms with Crippen molar-refractivity contribution in [2.24, 2.45) is 5.92 Å². The monoisotopic (exact) mass is 257 g/mol. The van der Waals surface area contributed by atoms with Crippen molar-refractivity contribution in [3.8, 4) is 0 Å². The van der Waals surface area contributed by atoms with E-state index in [1.54, 1.807) is 4.90 Å². The Morgan fingerprint density at radius 3 is 2.22 bits per heavy atom. The lowest BCUT2D eigenvalue weighted by Crippen LogP contribution is -2.64. The van der Waals surface area contributed by atoms with Crippen LogP contribution in [-0.2, 0) is 4.74 Å². The highest BCUT2D eigenvalue weighted by atomic mass is 16.6. The lowest BCUT2D eigenvalue weighted by molar-refractivity contribution is -0.110. The molecular weight excluding hydrogens is 230 g/mol. The molecule has 1 fully saturated rings. The summed E-state index contributed by atoms with van der Waals surface area (Å²) in [5, 5.41) is 10.3. The molecule has 1 N–H and O–H groups in total. The van der Waals surface area contributed by atoms with Gasteiger partial charge in [-0.2, -0.15) is 0 Å². The van der Waals surface area contributed by atoms with Crippen molar-refractivity contribution in [1.29, 1.82) is 0 Å². The zero-order valence-electron chi connectivity index (χ0n) is 12.3. The van der Waals surface area contributed by atoms with Crippen molar-refractivity contribution in [3.63, 3.8) is 0 Å². The molecule has 0 aromatic heterocycles. The Morgan fingerprint density at radius 1 is 1.33 bits per heavy atom. The highest BCUT2D eigenvalue weighted by Gasteiger charge is 2.45. The molecule has 4 nitrogen and oxygen atoms in total. The molecule has 0 bridgehead atoms. The number of carbonyl (C=O) groups is 1. The van der Waals surface area contributed by atoms with E-state index in [0.717, 1.165) is 19.3 Å². The maximum Gasteiger partial charge on any atom is 0.410 e. The van der Waals surface area contributed by atoms with Gasteiger partial charge in [0, 0.05) is 0 Å². The zero-order chi connectivity index (χ0) is 14.0. The number of hydrogen-bond acceptors (Lipinski definition) is 3. The molecule has 1 saturated heterocycles. The molecule has 0 radical (unpaired) electrons. The second-order valence-corrected chi connectivity index (χ2v) is 6.45. The Morgan fingerprint density at radius 2 is 1.83 bits per heavy atom. The lowest BCUT2D eigenvalue weighted by atomic mass is 9.82. The van der Waals surface area contributed by atoms with Crippen molar-refractivity contribution in [2.75, 3.05) is 13.1 Å². The van der Waals surface area contributed by atoms with Gasteiger partial charge in [-0.25, -0.2) is 4.79 Å². The maximum absolute atomic E-state index is 11.7. The second-order valence-electron chi connectivity index (χ2n) is 6.45. The van der Waals surface area contributed by atoms with Gasteiger partial charge in [0.1, 0.15) is 11.2 Å². The highest BCUT2D eigenvalue weighted by molar-refractivity contribution is 5.69. The standard InChI is InChI=1S/C14H27NO3/c1-6-11(7-2)8-14(17)9-15(10-14)12(16)18-13(3,4)5/h11,17H,6-10H2,1-5H3. The first-order valence-corrected chi connectivity index (χ1v) is 6.89. The fourth-order valence-electron chi connectivity index (χ4n) is 2.36. The third kappa shape index (κ3) is 4.16. The van der Waals surface area contributed by atoms with E-state index < -0.39 is 11.2 Å². The average Bonchev–Trinajstić information content (AvgIpc) is 2.19. The summed E-state index contributed by atoms with van der Waals surface area (Å²) in [6, 6.07) is 0. The zero-order valence-corrected chi connectivity index (χ0v) is 12.3. The summed E-state index contributed by atoms with van der Waals surface area (Å²) in [6.45, 7) is 10.6. The van der Waals surface area contributed by atoms with Gasteiger partial charge in [-0.3, -0.25) is 0 Å². The van der Waals surface area contributed by atoms with Crippen molar-refractivity contribution in [3.05, 3.63) is 0 Å². The number of aliphatic hydroxyl groups is 1. The van der Waals surface area contributed by atoms with Gasteiger partial charge < -0.3 is 14.7 Å². The predicted molar refractivity (Wildman–Crippen MR) is 71.4 cm³/mol. The Kier molecular flexibility index (Phi) is 4.65. The normalized spacial score (nSPS) is 18.7. The van der Waals surface area contributed by atoms with Gasteiger partial charge in [-0.1, -0.05) is 26.7 Å². The quantitative estimate of drug-likeness (QED) is 0.842. The van der Waals surface area contributed by atoms with E-state index in [-0.39, 0.29) is 6.09 Å².